The summed E-state index contributed by atoms with van der Waals surface area (Å²) in [4.78, 5) is 26.0. The van der Waals surface area contributed by atoms with Crippen LogP contribution in [0, 0.1) is 5.92 Å². The first-order valence-corrected chi connectivity index (χ1v) is 8.41. The fourth-order valence-corrected chi connectivity index (χ4v) is 3.83. The molecule has 0 spiro atoms. The Bertz CT molecular complexity index is 556. The number of rotatable bonds is 5. The fourth-order valence-electron chi connectivity index (χ4n) is 2.99. The molecule has 120 valence electrons. The van der Waals surface area contributed by atoms with Gasteiger partial charge in [0.15, 0.2) is 0 Å². The number of aromatic nitrogens is 2. The van der Waals surface area contributed by atoms with Crippen molar-refractivity contribution in [2.45, 2.75) is 44.8 Å². The van der Waals surface area contributed by atoms with Crippen LogP contribution in [0.2, 0.25) is 0 Å². The maximum Gasteiger partial charge on any atom is 0.229 e. The van der Waals surface area contributed by atoms with E-state index in [-0.39, 0.29) is 30.2 Å². The van der Waals surface area contributed by atoms with Crippen molar-refractivity contribution in [1.29, 1.82) is 0 Å². The maximum atomic E-state index is 12.3. The molecule has 8 heteroatoms. The zero-order valence-electron chi connectivity index (χ0n) is 12.6. The van der Waals surface area contributed by atoms with Crippen LogP contribution in [0.5, 0.6) is 0 Å². The highest BCUT2D eigenvalue weighted by Gasteiger charge is 2.37. The van der Waals surface area contributed by atoms with Crippen molar-refractivity contribution < 1.29 is 14.3 Å². The summed E-state index contributed by atoms with van der Waals surface area (Å²) in [5, 5.41) is 12.4. The number of hydrogen-bond donors (Lipinski definition) is 1. The minimum absolute atomic E-state index is 0.00983. The van der Waals surface area contributed by atoms with Gasteiger partial charge in [-0.15, -0.1) is 10.2 Å². The van der Waals surface area contributed by atoms with Gasteiger partial charge in [0, 0.05) is 26.1 Å². The predicted molar refractivity (Wildman–Crippen MR) is 81.5 cm³/mol. The molecular weight excluding hydrogens is 304 g/mol. The fraction of sp³-hybridized carbons (Fsp3) is 0.714. The Kier molecular flexibility index (Phi) is 4.68. The molecule has 1 aromatic rings. The highest BCUT2D eigenvalue weighted by atomic mass is 32.1. The summed E-state index contributed by atoms with van der Waals surface area (Å²) in [6.07, 6.45) is 4.69. The molecule has 1 aliphatic carbocycles. The Labute approximate surface area is 133 Å². The second kappa shape index (κ2) is 6.70. The molecule has 3 rings (SSSR count). The minimum atomic E-state index is -0.289. The summed E-state index contributed by atoms with van der Waals surface area (Å²) < 4.78 is 5.00. The van der Waals surface area contributed by atoms with Crippen LogP contribution < -0.4 is 10.2 Å². The maximum absolute atomic E-state index is 12.3. The van der Waals surface area contributed by atoms with Gasteiger partial charge in [-0.05, 0) is 12.8 Å². The number of amides is 2. The van der Waals surface area contributed by atoms with E-state index in [1.807, 2.05) is 0 Å². The van der Waals surface area contributed by atoms with Gasteiger partial charge in [0.2, 0.25) is 16.9 Å². The monoisotopic (exact) mass is 324 g/mol. The smallest absolute Gasteiger partial charge is 0.229 e. The molecule has 2 amide bonds. The standard InChI is InChI=1S/C14H20N4O3S/c1-21-8-11-16-17-14(22-11)18-7-9(6-12(18)19)13(20)15-10-4-2-3-5-10/h9-10H,2-8H2,1H3,(H,15,20). The third kappa shape index (κ3) is 3.27. The highest BCUT2D eigenvalue weighted by Crippen LogP contribution is 2.28. The van der Waals surface area contributed by atoms with E-state index < -0.39 is 0 Å². The second-order valence-corrected chi connectivity index (χ2v) is 6.85. The van der Waals surface area contributed by atoms with E-state index in [4.69, 9.17) is 4.74 Å². The van der Waals surface area contributed by atoms with E-state index in [0.29, 0.717) is 18.3 Å². The number of carbonyl (C=O) groups is 2. The summed E-state index contributed by atoms with van der Waals surface area (Å²) in [7, 11) is 1.59. The third-order valence-corrected chi connectivity index (χ3v) is 5.07. The van der Waals surface area contributed by atoms with Crippen LogP contribution in [-0.2, 0) is 20.9 Å². The summed E-state index contributed by atoms with van der Waals surface area (Å²) in [6, 6.07) is 0.284. The van der Waals surface area contributed by atoms with Crippen LogP contribution in [0.4, 0.5) is 5.13 Å². The van der Waals surface area contributed by atoms with Crippen LogP contribution in [0.3, 0.4) is 0 Å². The number of nitrogens with one attached hydrogen (secondary N) is 1. The van der Waals surface area contributed by atoms with Crippen LogP contribution in [0.1, 0.15) is 37.1 Å². The molecule has 1 aliphatic heterocycles. The molecule has 0 bridgehead atoms. The van der Waals surface area contributed by atoms with Gasteiger partial charge < -0.3 is 10.1 Å². The van der Waals surface area contributed by atoms with E-state index in [0.717, 1.165) is 17.8 Å². The minimum Gasteiger partial charge on any atom is -0.377 e. The molecule has 1 saturated carbocycles. The molecule has 1 unspecified atom stereocenters. The van der Waals surface area contributed by atoms with Crippen molar-refractivity contribution in [1.82, 2.24) is 15.5 Å². The summed E-state index contributed by atoms with van der Waals surface area (Å²) in [6.45, 7) is 0.768. The molecular formula is C14H20N4O3S. The Hall–Kier alpha value is -1.54. The van der Waals surface area contributed by atoms with Crippen LogP contribution >= 0.6 is 11.3 Å². The summed E-state index contributed by atoms with van der Waals surface area (Å²) in [5.74, 6) is -0.362. The average molecular weight is 324 g/mol. The van der Waals surface area contributed by atoms with Crippen molar-refractivity contribution in [2.75, 3.05) is 18.6 Å². The van der Waals surface area contributed by atoms with E-state index in [1.165, 1.54) is 24.2 Å². The second-order valence-electron chi connectivity index (χ2n) is 5.81. The molecule has 2 aliphatic rings. The van der Waals surface area contributed by atoms with Gasteiger partial charge in [-0.2, -0.15) is 0 Å². The zero-order chi connectivity index (χ0) is 15.5. The average Bonchev–Trinajstić information content (AvgIpc) is 3.20. The summed E-state index contributed by atoms with van der Waals surface area (Å²) >= 11 is 1.33. The van der Waals surface area contributed by atoms with Gasteiger partial charge >= 0.3 is 0 Å². The van der Waals surface area contributed by atoms with Crippen LogP contribution in [-0.4, -0.2) is 41.7 Å². The van der Waals surface area contributed by atoms with E-state index in [9.17, 15) is 9.59 Å². The van der Waals surface area contributed by atoms with E-state index in [1.54, 1.807) is 12.0 Å². The lowest BCUT2D eigenvalue weighted by Gasteiger charge is -2.16. The summed E-state index contributed by atoms with van der Waals surface area (Å²) in [5.41, 5.74) is 0. The lowest BCUT2D eigenvalue weighted by atomic mass is 10.1. The first-order valence-electron chi connectivity index (χ1n) is 7.59. The first-order chi connectivity index (χ1) is 10.7. The van der Waals surface area contributed by atoms with Crippen LogP contribution in [0.15, 0.2) is 0 Å². The molecule has 0 radical (unpaired) electrons. The van der Waals surface area contributed by atoms with Gasteiger partial charge in [-0.1, -0.05) is 24.2 Å². The van der Waals surface area contributed by atoms with Crippen LogP contribution in [0.25, 0.3) is 0 Å². The van der Waals surface area contributed by atoms with Crippen molar-refractivity contribution >= 4 is 28.3 Å². The molecule has 22 heavy (non-hydrogen) atoms. The lowest BCUT2D eigenvalue weighted by Crippen LogP contribution is -2.38. The van der Waals surface area contributed by atoms with Gasteiger partial charge in [-0.25, -0.2) is 0 Å². The normalized spacial score (nSPS) is 22.5. The highest BCUT2D eigenvalue weighted by molar-refractivity contribution is 7.15. The van der Waals surface area contributed by atoms with Gasteiger partial charge in [-0.3, -0.25) is 14.5 Å². The number of nitrogens with zero attached hydrogens (tertiary/aromatic N) is 3. The molecule has 2 fully saturated rings. The molecule has 1 aromatic heterocycles. The van der Waals surface area contributed by atoms with Crippen molar-refractivity contribution in [3.63, 3.8) is 0 Å². The molecule has 0 aromatic carbocycles. The van der Waals surface area contributed by atoms with Gasteiger partial charge in [0.25, 0.3) is 0 Å². The lowest BCUT2D eigenvalue weighted by molar-refractivity contribution is -0.126. The van der Waals surface area contributed by atoms with Gasteiger partial charge in [0.1, 0.15) is 11.6 Å². The Morgan fingerprint density at radius 2 is 2.18 bits per heavy atom. The zero-order valence-corrected chi connectivity index (χ0v) is 13.4. The molecule has 2 heterocycles. The topological polar surface area (TPSA) is 84.4 Å². The largest absolute Gasteiger partial charge is 0.377 e. The third-order valence-electron chi connectivity index (χ3n) is 4.15. The van der Waals surface area contributed by atoms with Crippen molar-refractivity contribution in [3.05, 3.63) is 5.01 Å². The van der Waals surface area contributed by atoms with Gasteiger partial charge in [0.05, 0.1) is 5.92 Å². The van der Waals surface area contributed by atoms with Crippen molar-refractivity contribution in [3.8, 4) is 0 Å². The van der Waals surface area contributed by atoms with E-state index in [2.05, 4.69) is 15.5 Å². The molecule has 1 saturated heterocycles. The molecule has 1 atom stereocenters. The first kappa shape index (κ1) is 15.4. The Morgan fingerprint density at radius 3 is 2.91 bits per heavy atom. The number of methoxy groups -OCH3 is 1. The quantitative estimate of drug-likeness (QED) is 0.876. The molecule has 7 nitrogen and oxygen atoms in total. The van der Waals surface area contributed by atoms with Crippen molar-refractivity contribution in [2.24, 2.45) is 5.92 Å². The predicted octanol–water partition coefficient (Wildman–Crippen LogP) is 1.10. The van der Waals surface area contributed by atoms with E-state index >= 15 is 0 Å². The Morgan fingerprint density at radius 1 is 1.41 bits per heavy atom. The number of ether oxygens (including phenoxy) is 1. The number of carbonyl (C=O) groups excluding carboxylic acids is 2. The SMILES string of the molecule is COCc1nnc(N2CC(C(=O)NC3CCCC3)CC2=O)s1. The Balaban J connectivity index is 1.60. The number of hydrogen-bond acceptors (Lipinski definition) is 6. The molecule has 1 N–H and O–H groups in total. The number of anilines is 1.